The quantitative estimate of drug-likeness (QED) is 0.365. The summed E-state index contributed by atoms with van der Waals surface area (Å²) in [7, 11) is 0. The molecule has 0 aliphatic carbocycles. The lowest BCUT2D eigenvalue weighted by molar-refractivity contribution is 0.269. The van der Waals surface area contributed by atoms with Crippen LogP contribution in [0.3, 0.4) is 0 Å². The third-order valence-corrected chi connectivity index (χ3v) is 5.33. The van der Waals surface area contributed by atoms with Crippen LogP contribution in [0.4, 0.5) is 5.69 Å². The van der Waals surface area contributed by atoms with Crippen molar-refractivity contribution in [1.29, 1.82) is 0 Å². The fraction of sp³-hybridized carbons (Fsp3) is 0.182. The van der Waals surface area contributed by atoms with Gasteiger partial charge in [-0.2, -0.15) is 0 Å². The number of halogens is 3. The van der Waals surface area contributed by atoms with E-state index in [4.69, 9.17) is 32.7 Å². The van der Waals surface area contributed by atoms with E-state index in [1.54, 1.807) is 6.07 Å². The second kappa shape index (κ2) is 10.1. The highest BCUT2D eigenvalue weighted by atomic mass is 79.9. The van der Waals surface area contributed by atoms with Crippen LogP contribution in [0.5, 0.6) is 11.5 Å². The molecule has 0 aromatic heterocycles. The molecule has 0 aliphatic heterocycles. The summed E-state index contributed by atoms with van der Waals surface area (Å²) in [5.74, 6) is 1.26. The summed E-state index contributed by atoms with van der Waals surface area (Å²) in [6.07, 6.45) is 0. The van der Waals surface area contributed by atoms with E-state index >= 15 is 0 Å². The van der Waals surface area contributed by atoms with Gasteiger partial charge in [-0.25, -0.2) is 0 Å². The second-order valence-corrected chi connectivity index (χ2v) is 7.79. The first-order valence-corrected chi connectivity index (χ1v) is 10.4. The van der Waals surface area contributed by atoms with Crippen molar-refractivity contribution in [1.82, 2.24) is 0 Å². The maximum absolute atomic E-state index is 6.50. The number of anilines is 1. The minimum atomic E-state index is 0.340. The van der Waals surface area contributed by atoms with Crippen LogP contribution in [0.1, 0.15) is 18.1 Å². The van der Waals surface area contributed by atoms with Gasteiger partial charge in [-0.3, -0.25) is 0 Å². The first-order chi connectivity index (χ1) is 13.6. The molecule has 3 nitrogen and oxygen atoms in total. The normalized spacial score (nSPS) is 10.6. The molecular formula is C22H20BrCl2NO2. The van der Waals surface area contributed by atoms with Crippen molar-refractivity contribution < 1.29 is 9.47 Å². The number of hydrogen-bond acceptors (Lipinski definition) is 3. The van der Waals surface area contributed by atoms with E-state index in [1.807, 2.05) is 61.5 Å². The lowest BCUT2D eigenvalue weighted by Crippen LogP contribution is -2.04. The predicted molar refractivity (Wildman–Crippen MR) is 120 cm³/mol. The number of hydrogen-bond donors (Lipinski definition) is 1. The lowest BCUT2D eigenvalue weighted by Gasteiger charge is -2.16. The Morgan fingerprint density at radius 2 is 1.57 bits per heavy atom. The Kier molecular flexibility index (Phi) is 7.49. The smallest absolute Gasteiger partial charge is 0.163 e. The van der Waals surface area contributed by atoms with Gasteiger partial charge in [-0.1, -0.05) is 57.3 Å². The number of ether oxygens (including phenoxy) is 2. The Bertz CT molecular complexity index is 932. The van der Waals surface area contributed by atoms with E-state index in [0.717, 1.165) is 21.3 Å². The molecule has 3 aromatic carbocycles. The minimum absolute atomic E-state index is 0.340. The van der Waals surface area contributed by atoms with Gasteiger partial charge in [0.25, 0.3) is 0 Å². The zero-order chi connectivity index (χ0) is 19.9. The monoisotopic (exact) mass is 479 g/mol. The van der Waals surface area contributed by atoms with Crippen molar-refractivity contribution in [2.75, 3.05) is 11.9 Å². The summed E-state index contributed by atoms with van der Waals surface area (Å²) < 4.78 is 12.8. The molecule has 0 unspecified atom stereocenters. The SMILES string of the molecule is CCOc1cc(CNc2ccc(Br)cc2)c(Cl)cc1OCc1ccccc1Cl. The molecule has 0 spiro atoms. The van der Waals surface area contributed by atoms with Gasteiger partial charge in [0, 0.05) is 38.4 Å². The Balaban J connectivity index is 1.75. The molecular weight excluding hydrogens is 461 g/mol. The number of benzene rings is 3. The zero-order valence-corrected chi connectivity index (χ0v) is 18.4. The van der Waals surface area contributed by atoms with E-state index in [-0.39, 0.29) is 0 Å². The Morgan fingerprint density at radius 3 is 2.29 bits per heavy atom. The standard InChI is InChI=1S/C22H20BrCl2NO2/c1-2-27-21-11-16(13-26-18-9-7-17(23)8-10-18)20(25)12-22(21)28-14-15-5-3-4-6-19(15)24/h3-12,26H,2,13-14H2,1H3. The van der Waals surface area contributed by atoms with E-state index in [0.29, 0.717) is 41.3 Å². The summed E-state index contributed by atoms with van der Waals surface area (Å²) in [6.45, 7) is 3.38. The molecule has 3 aromatic rings. The number of rotatable bonds is 8. The Labute approximate surface area is 183 Å². The highest BCUT2D eigenvalue weighted by molar-refractivity contribution is 9.10. The van der Waals surface area contributed by atoms with Crippen molar-refractivity contribution in [3.8, 4) is 11.5 Å². The van der Waals surface area contributed by atoms with E-state index in [1.165, 1.54) is 0 Å². The molecule has 6 heteroatoms. The summed E-state index contributed by atoms with van der Waals surface area (Å²) in [4.78, 5) is 0. The van der Waals surface area contributed by atoms with Crippen LogP contribution < -0.4 is 14.8 Å². The van der Waals surface area contributed by atoms with Crippen LogP contribution in [-0.4, -0.2) is 6.61 Å². The second-order valence-electron chi connectivity index (χ2n) is 6.06. The van der Waals surface area contributed by atoms with E-state index in [9.17, 15) is 0 Å². The minimum Gasteiger partial charge on any atom is -0.490 e. The molecule has 1 N–H and O–H groups in total. The highest BCUT2D eigenvalue weighted by Gasteiger charge is 2.12. The molecule has 0 amide bonds. The summed E-state index contributed by atoms with van der Waals surface area (Å²) in [5.41, 5.74) is 2.85. The van der Waals surface area contributed by atoms with E-state index in [2.05, 4.69) is 21.2 Å². The van der Waals surface area contributed by atoms with Gasteiger partial charge in [-0.15, -0.1) is 0 Å². The van der Waals surface area contributed by atoms with Crippen LogP contribution in [-0.2, 0) is 13.2 Å². The van der Waals surface area contributed by atoms with Crippen molar-refractivity contribution in [2.45, 2.75) is 20.1 Å². The fourth-order valence-electron chi connectivity index (χ4n) is 2.63. The molecule has 0 aliphatic rings. The van der Waals surface area contributed by atoms with Crippen molar-refractivity contribution >= 4 is 44.8 Å². The first-order valence-electron chi connectivity index (χ1n) is 8.87. The number of nitrogens with one attached hydrogen (secondary N) is 1. The van der Waals surface area contributed by atoms with Gasteiger partial charge in [0.1, 0.15) is 6.61 Å². The molecule has 0 bridgehead atoms. The van der Waals surface area contributed by atoms with Gasteiger partial charge in [0.05, 0.1) is 6.61 Å². The van der Waals surface area contributed by atoms with Crippen LogP contribution in [0.2, 0.25) is 10.0 Å². The zero-order valence-electron chi connectivity index (χ0n) is 15.3. The van der Waals surface area contributed by atoms with Crippen molar-refractivity contribution in [3.63, 3.8) is 0 Å². The molecule has 0 saturated heterocycles. The average Bonchev–Trinajstić information content (AvgIpc) is 2.69. The molecule has 0 saturated carbocycles. The molecule has 0 radical (unpaired) electrons. The van der Waals surface area contributed by atoms with Gasteiger partial charge < -0.3 is 14.8 Å². The van der Waals surface area contributed by atoms with Crippen LogP contribution in [0, 0.1) is 0 Å². The predicted octanol–water partition coefficient (Wildman–Crippen LogP) is 7.35. The summed E-state index contributed by atoms with van der Waals surface area (Å²) >= 11 is 16.1. The molecule has 146 valence electrons. The topological polar surface area (TPSA) is 30.5 Å². The van der Waals surface area contributed by atoms with Crippen LogP contribution in [0.25, 0.3) is 0 Å². The first kappa shape index (κ1) is 20.8. The van der Waals surface area contributed by atoms with Crippen molar-refractivity contribution in [2.24, 2.45) is 0 Å². The van der Waals surface area contributed by atoms with Gasteiger partial charge in [-0.05, 0) is 48.9 Å². The molecule has 0 fully saturated rings. The third-order valence-electron chi connectivity index (χ3n) is 4.08. The maximum Gasteiger partial charge on any atom is 0.163 e. The Hall–Kier alpha value is -1.88. The third kappa shape index (κ3) is 5.57. The fourth-order valence-corrected chi connectivity index (χ4v) is 3.30. The highest BCUT2D eigenvalue weighted by Crippen LogP contribution is 2.35. The van der Waals surface area contributed by atoms with Gasteiger partial charge in [0.2, 0.25) is 0 Å². The Morgan fingerprint density at radius 1 is 0.857 bits per heavy atom. The van der Waals surface area contributed by atoms with Gasteiger partial charge in [0.15, 0.2) is 11.5 Å². The maximum atomic E-state index is 6.50. The molecule has 0 atom stereocenters. The van der Waals surface area contributed by atoms with Crippen molar-refractivity contribution in [3.05, 3.63) is 86.3 Å². The average molecular weight is 481 g/mol. The largest absolute Gasteiger partial charge is 0.490 e. The summed E-state index contributed by atoms with van der Waals surface area (Å²) in [6, 6.07) is 19.3. The molecule has 3 rings (SSSR count). The molecule has 0 heterocycles. The van der Waals surface area contributed by atoms with Gasteiger partial charge >= 0.3 is 0 Å². The molecule has 28 heavy (non-hydrogen) atoms. The summed E-state index contributed by atoms with van der Waals surface area (Å²) in [5, 5.41) is 4.65. The van der Waals surface area contributed by atoms with Crippen LogP contribution >= 0.6 is 39.1 Å². The lowest BCUT2D eigenvalue weighted by atomic mass is 10.2. The van der Waals surface area contributed by atoms with E-state index < -0.39 is 0 Å². The van der Waals surface area contributed by atoms with Crippen LogP contribution in [0.15, 0.2) is 65.1 Å².